The van der Waals surface area contributed by atoms with Crippen LogP contribution >= 0.6 is 0 Å². The minimum absolute atomic E-state index is 0.254. The number of nitrogen functional groups attached to an aromatic ring is 1. The summed E-state index contributed by atoms with van der Waals surface area (Å²) < 4.78 is 1.67. The fourth-order valence-corrected chi connectivity index (χ4v) is 4.17. The molecule has 10 nitrogen and oxygen atoms in total. The van der Waals surface area contributed by atoms with Crippen molar-refractivity contribution in [2.75, 3.05) is 17.2 Å². The van der Waals surface area contributed by atoms with Crippen molar-refractivity contribution in [2.45, 2.75) is 37.1 Å². The van der Waals surface area contributed by atoms with E-state index in [2.05, 4.69) is 15.0 Å². The molecule has 146 valence electrons. The van der Waals surface area contributed by atoms with Crippen molar-refractivity contribution in [3.05, 3.63) is 24.3 Å². The molecule has 3 rings (SSSR count). The Morgan fingerprint density at radius 1 is 1.37 bits per heavy atom. The van der Waals surface area contributed by atoms with Crippen molar-refractivity contribution >= 4 is 34.7 Å². The molecule has 0 bridgehead atoms. The number of carbonyl (C=O) groups is 1. The molecule has 6 N–H and O–H groups in total. The molecule has 4 unspecified atom stereocenters. The summed E-state index contributed by atoms with van der Waals surface area (Å²) in [7, 11) is 0. The summed E-state index contributed by atoms with van der Waals surface area (Å²) in [4.78, 5) is 22.8. The average Bonchev–Trinajstić information content (AvgIpc) is 3.18. The van der Waals surface area contributed by atoms with Gasteiger partial charge in [-0.25, -0.2) is 15.0 Å². The Morgan fingerprint density at radius 3 is 2.89 bits per heavy atom. The normalized spacial score (nSPS) is 23.5. The first-order chi connectivity index (χ1) is 12.9. The molecule has 2 aromatic heterocycles. The van der Waals surface area contributed by atoms with Gasteiger partial charge in [0.2, 0.25) is 0 Å². The molecule has 0 fully saturated rings. The maximum Gasteiger partial charge on any atom is 0.166 e. The predicted molar refractivity (Wildman–Crippen MR) is 99.6 cm³/mol. The minimum Gasteiger partial charge on any atom is -0.548 e. The first-order valence-corrected chi connectivity index (χ1v) is 9.76. The lowest BCUT2D eigenvalue weighted by Crippen LogP contribution is -2.41. The van der Waals surface area contributed by atoms with E-state index >= 15 is 0 Å². The van der Waals surface area contributed by atoms with E-state index in [1.807, 2.05) is 6.08 Å². The Labute approximate surface area is 159 Å². The first-order valence-electron chi connectivity index (χ1n) is 8.49. The molecule has 0 radical (unpaired) electrons. The highest BCUT2D eigenvalue weighted by molar-refractivity contribution is 7.78. The summed E-state index contributed by atoms with van der Waals surface area (Å²) in [5, 5.41) is 31.4. The highest BCUT2D eigenvalue weighted by Crippen LogP contribution is 2.32. The van der Waals surface area contributed by atoms with Crippen LogP contribution in [-0.2, 0) is 16.6 Å². The zero-order chi connectivity index (χ0) is 19.6. The Hall–Kier alpha value is -2.21. The number of thiol groups is 1. The molecule has 0 aliphatic heterocycles. The van der Waals surface area contributed by atoms with E-state index in [1.54, 1.807) is 4.57 Å². The van der Waals surface area contributed by atoms with Crippen LogP contribution in [0.1, 0.15) is 18.9 Å². The van der Waals surface area contributed by atoms with E-state index in [9.17, 15) is 20.1 Å². The molecule has 0 amide bonds. The van der Waals surface area contributed by atoms with E-state index in [0.29, 0.717) is 29.8 Å². The number of rotatable bonds is 8. The van der Waals surface area contributed by atoms with E-state index < -0.39 is 30.3 Å². The monoisotopic (exact) mass is 394 g/mol. The number of hydrogen-bond donors (Lipinski definition) is 4. The van der Waals surface area contributed by atoms with E-state index in [-0.39, 0.29) is 5.82 Å². The number of aromatic nitrogens is 4. The molecule has 0 saturated heterocycles. The van der Waals surface area contributed by atoms with Crippen LogP contribution in [0.25, 0.3) is 11.2 Å². The second kappa shape index (κ2) is 8.21. The number of nitrogens with two attached hydrogens (primary N) is 2. The maximum absolute atomic E-state index is 10.6. The van der Waals surface area contributed by atoms with Crippen LogP contribution < -0.4 is 16.6 Å². The van der Waals surface area contributed by atoms with E-state index in [1.165, 1.54) is 12.7 Å². The number of fused-ring (bicyclic) bond motifs is 1. The number of carboxylic acid groups (broad SMARTS) is 1. The highest BCUT2D eigenvalue weighted by atomic mass is 32.2. The molecule has 27 heavy (non-hydrogen) atoms. The molecule has 0 saturated carbocycles. The summed E-state index contributed by atoms with van der Waals surface area (Å²) in [6.07, 6.45) is 3.66. The number of aliphatic hydroxyl groups excluding tert-OH is 2. The Kier molecular flexibility index (Phi) is 5.95. The second-order valence-corrected chi connectivity index (χ2v) is 7.63. The third-order valence-corrected chi connectivity index (χ3v) is 5.80. The highest BCUT2D eigenvalue weighted by Gasteiger charge is 2.37. The summed E-state index contributed by atoms with van der Waals surface area (Å²) >= 11 is 1.01. The molecule has 0 spiro atoms. The Bertz CT molecular complexity index is 857. The van der Waals surface area contributed by atoms with Crippen molar-refractivity contribution in [3.8, 4) is 0 Å². The number of carbonyl (C=O) groups excluding carboxylic acids is 1. The van der Waals surface area contributed by atoms with Gasteiger partial charge in [-0.05, 0) is 24.6 Å². The first kappa shape index (κ1) is 19.5. The van der Waals surface area contributed by atoms with Crippen LogP contribution in [0.4, 0.5) is 5.82 Å². The molecule has 4 atom stereocenters. The molecular formula is C16H22N6O4S. The summed E-state index contributed by atoms with van der Waals surface area (Å²) in [5.41, 5.74) is 12.9. The van der Waals surface area contributed by atoms with Gasteiger partial charge >= 0.3 is 0 Å². The predicted octanol–water partition coefficient (Wildman–Crippen LogP) is -2.72. The number of imidazole rings is 1. The molecule has 1 aliphatic rings. The van der Waals surface area contributed by atoms with Crippen molar-refractivity contribution in [2.24, 2.45) is 5.73 Å². The molecule has 1 aliphatic carbocycles. The van der Waals surface area contributed by atoms with Crippen molar-refractivity contribution in [1.82, 2.24) is 19.5 Å². The van der Waals surface area contributed by atoms with Gasteiger partial charge in [-0.1, -0.05) is 6.08 Å². The van der Waals surface area contributed by atoms with Crippen LogP contribution in [-0.4, -0.2) is 65.5 Å². The molecule has 2 heterocycles. The van der Waals surface area contributed by atoms with E-state index in [0.717, 1.165) is 23.1 Å². The van der Waals surface area contributed by atoms with Gasteiger partial charge in [-0.15, -0.1) is 0 Å². The van der Waals surface area contributed by atoms with Gasteiger partial charge in [0.15, 0.2) is 11.5 Å². The van der Waals surface area contributed by atoms with Crippen LogP contribution in [0.5, 0.6) is 0 Å². The van der Waals surface area contributed by atoms with Gasteiger partial charge in [-0.3, -0.25) is 0 Å². The van der Waals surface area contributed by atoms with Crippen molar-refractivity contribution in [1.29, 1.82) is 0 Å². The minimum atomic E-state index is -1.25. The van der Waals surface area contributed by atoms with Gasteiger partial charge in [-0.2, -0.15) is 0 Å². The lowest BCUT2D eigenvalue weighted by atomic mass is 10.1. The lowest BCUT2D eigenvalue weighted by molar-refractivity contribution is -0.307. The second-order valence-electron chi connectivity index (χ2n) is 6.42. The zero-order valence-corrected chi connectivity index (χ0v) is 15.4. The number of nitrogens with zero attached hydrogens (tertiary/aromatic N) is 4. The maximum atomic E-state index is 10.6. The number of aliphatic carboxylic acids is 1. The van der Waals surface area contributed by atoms with Gasteiger partial charge in [0, 0.05) is 11.6 Å². The summed E-state index contributed by atoms with van der Waals surface area (Å²) in [6, 6.07) is -1.46. The van der Waals surface area contributed by atoms with Crippen LogP contribution in [0.3, 0.4) is 0 Å². The topological polar surface area (TPSA) is 176 Å². The largest absolute Gasteiger partial charge is 0.548 e. The average molecular weight is 394 g/mol. The fourth-order valence-electron chi connectivity index (χ4n) is 3.05. The molecular weight excluding hydrogens is 372 g/mol. The van der Waals surface area contributed by atoms with Gasteiger partial charge in [0.25, 0.3) is 0 Å². The number of aliphatic hydroxyl groups is 2. The Morgan fingerprint density at radius 2 is 2.15 bits per heavy atom. The fraction of sp³-hybridized carbons (Fsp3) is 0.500. The van der Waals surface area contributed by atoms with Crippen molar-refractivity contribution < 1.29 is 20.1 Å². The Balaban J connectivity index is 1.63. The summed E-state index contributed by atoms with van der Waals surface area (Å²) in [5.74, 6) is 0.315. The van der Waals surface area contributed by atoms with E-state index in [4.69, 9.17) is 11.5 Å². The smallest absolute Gasteiger partial charge is 0.166 e. The lowest BCUT2D eigenvalue weighted by Gasteiger charge is -2.18. The van der Waals surface area contributed by atoms with Gasteiger partial charge in [0.05, 0.1) is 18.3 Å². The van der Waals surface area contributed by atoms with Crippen LogP contribution in [0, 0.1) is 0 Å². The van der Waals surface area contributed by atoms with Gasteiger partial charge in [0.1, 0.15) is 35.6 Å². The van der Waals surface area contributed by atoms with Crippen LogP contribution in [0.15, 0.2) is 24.3 Å². The third kappa shape index (κ3) is 4.05. The summed E-state index contributed by atoms with van der Waals surface area (Å²) in [6.45, 7) is 0. The number of carboxylic acids is 1. The SMILES string of the molecule is Nc1ncnc2c1ncn2C1C=C(C[SH+]CCCC(N)C(=O)[O-])C(O)C1O. The molecule has 2 aromatic rings. The van der Waals surface area contributed by atoms with Gasteiger partial charge < -0.3 is 36.1 Å². The van der Waals surface area contributed by atoms with Crippen LogP contribution in [0.2, 0.25) is 0 Å². The number of anilines is 1. The number of hydrogen-bond acceptors (Lipinski definition) is 9. The standard InChI is InChI=1S/C16H22N6O4S/c17-9(16(25)26)2-1-3-27-5-8-4-10(13(24)12(8)23)22-7-21-11-14(18)19-6-20-15(11)22/h4,6-7,9-10,12-13,23-24H,1-3,5,17H2,(H,25,26)(H2,18,19,20). The quantitative estimate of drug-likeness (QED) is 0.160. The third-order valence-electron chi connectivity index (χ3n) is 4.57. The zero-order valence-electron chi connectivity index (χ0n) is 14.5. The molecule has 11 heteroatoms. The van der Waals surface area contributed by atoms with Crippen molar-refractivity contribution in [3.63, 3.8) is 0 Å². The molecule has 0 aromatic carbocycles.